The molecule has 1 aromatic carbocycles. The second-order valence-corrected chi connectivity index (χ2v) is 5.23. The number of hydrogen-bond donors (Lipinski definition) is 2. The Balaban J connectivity index is 2.00. The van der Waals surface area contributed by atoms with Crippen molar-refractivity contribution in [1.82, 2.24) is 15.0 Å². The summed E-state index contributed by atoms with van der Waals surface area (Å²) in [5, 5.41) is 14.5. The van der Waals surface area contributed by atoms with Crippen LogP contribution < -0.4 is 11.1 Å². The average Bonchev–Trinajstić information content (AvgIpc) is 2.67. The first-order chi connectivity index (χ1) is 12.2. The molecule has 1 atom stereocenters. The minimum absolute atomic E-state index is 0.149. The fourth-order valence-electron chi connectivity index (χ4n) is 2.35. The molecule has 3 aromatic rings. The first kappa shape index (κ1) is 16.5. The highest BCUT2D eigenvalue weighted by Crippen LogP contribution is 2.28. The minimum Gasteiger partial charge on any atom is -0.359 e. The molecule has 0 aliphatic carbocycles. The maximum absolute atomic E-state index is 11.3. The van der Waals surface area contributed by atoms with Gasteiger partial charge in [0, 0.05) is 18.3 Å². The van der Waals surface area contributed by atoms with Crippen molar-refractivity contribution in [2.75, 3.05) is 11.9 Å². The number of nitrogens with one attached hydrogen (secondary N) is 1. The Hall–Kier alpha value is -3.39. The van der Waals surface area contributed by atoms with Gasteiger partial charge in [0.25, 0.3) is 0 Å². The van der Waals surface area contributed by atoms with Gasteiger partial charge in [-0.25, -0.2) is 15.0 Å². The van der Waals surface area contributed by atoms with Gasteiger partial charge in [-0.15, -0.1) is 0 Å². The third kappa shape index (κ3) is 3.75. The summed E-state index contributed by atoms with van der Waals surface area (Å²) in [5.41, 5.74) is 6.59. The number of pyridine rings is 1. The van der Waals surface area contributed by atoms with Gasteiger partial charge in [0.1, 0.15) is 12.0 Å². The van der Waals surface area contributed by atoms with Gasteiger partial charge in [-0.3, -0.25) is 10.1 Å². The van der Waals surface area contributed by atoms with E-state index in [1.54, 1.807) is 42.6 Å². The lowest BCUT2D eigenvalue weighted by atomic mass is 10.1. The zero-order valence-corrected chi connectivity index (χ0v) is 13.2. The molecule has 0 saturated heterocycles. The minimum atomic E-state index is -0.490. The van der Waals surface area contributed by atoms with Gasteiger partial charge in [0.05, 0.1) is 11.0 Å². The van der Waals surface area contributed by atoms with Gasteiger partial charge in [-0.05, 0) is 12.1 Å². The van der Waals surface area contributed by atoms with Gasteiger partial charge in [0.15, 0.2) is 11.5 Å². The van der Waals surface area contributed by atoms with Crippen LogP contribution in [0.15, 0.2) is 60.9 Å². The van der Waals surface area contributed by atoms with Crippen molar-refractivity contribution >= 4 is 11.5 Å². The summed E-state index contributed by atoms with van der Waals surface area (Å²) >= 11 is 0. The van der Waals surface area contributed by atoms with Crippen molar-refractivity contribution in [3.05, 3.63) is 76.9 Å². The molecule has 3 rings (SSSR count). The largest absolute Gasteiger partial charge is 0.359 e. The van der Waals surface area contributed by atoms with Crippen LogP contribution in [-0.4, -0.2) is 26.4 Å². The average molecular weight is 336 g/mol. The van der Waals surface area contributed by atoms with Crippen LogP contribution in [0.5, 0.6) is 0 Å². The normalized spacial score (nSPS) is 11.7. The third-order valence-electron chi connectivity index (χ3n) is 3.57. The predicted octanol–water partition coefficient (Wildman–Crippen LogP) is 2.56. The third-order valence-corrected chi connectivity index (χ3v) is 3.57. The van der Waals surface area contributed by atoms with E-state index in [9.17, 15) is 10.1 Å². The Kier molecular flexibility index (Phi) is 4.91. The number of nitrogens with zero attached hydrogens (tertiary/aromatic N) is 4. The number of rotatable bonds is 6. The fourth-order valence-corrected chi connectivity index (χ4v) is 2.35. The molecular formula is C17H16N6O2. The summed E-state index contributed by atoms with van der Waals surface area (Å²) in [4.78, 5) is 23.5. The van der Waals surface area contributed by atoms with Crippen molar-refractivity contribution in [3.8, 4) is 11.3 Å². The van der Waals surface area contributed by atoms with Crippen LogP contribution in [0.3, 0.4) is 0 Å². The molecule has 0 aliphatic rings. The molecule has 8 nitrogen and oxygen atoms in total. The second kappa shape index (κ2) is 7.45. The molecule has 0 amide bonds. The smallest absolute Gasteiger partial charge is 0.313 e. The Morgan fingerprint density at radius 2 is 1.88 bits per heavy atom. The Morgan fingerprint density at radius 1 is 1.12 bits per heavy atom. The van der Waals surface area contributed by atoms with E-state index in [-0.39, 0.29) is 17.9 Å². The first-order valence-corrected chi connectivity index (χ1v) is 7.63. The van der Waals surface area contributed by atoms with Crippen molar-refractivity contribution < 1.29 is 4.92 Å². The number of benzene rings is 1. The molecule has 2 heterocycles. The van der Waals surface area contributed by atoms with E-state index in [0.29, 0.717) is 17.2 Å². The van der Waals surface area contributed by atoms with E-state index in [2.05, 4.69) is 20.3 Å². The molecule has 25 heavy (non-hydrogen) atoms. The van der Waals surface area contributed by atoms with Crippen LogP contribution in [0.4, 0.5) is 11.5 Å². The number of nitro groups is 1. The summed E-state index contributed by atoms with van der Waals surface area (Å²) in [7, 11) is 0. The Labute approximate surface area is 143 Å². The van der Waals surface area contributed by atoms with Crippen molar-refractivity contribution in [3.63, 3.8) is 0 Å². The van der Waals surface area contributed by atoms with E-state index in [1.165, 1.54) is 6.20 Å². The molecule has 0 aliphatic heterocycles. The quantitative estimate of drug-likeness (QED) is 0.524. The Morgan fingerprint density at radius 3 is 2.52 bits per heavy atom. The lowest BCUT2D eigenvalue weighted by molar-refractivity contribution is -0.384. The molecule has 8 heteroatoms. The molecule has 2 aromatic heterocycles. The number of nitrogens with two attached hydrogens (primary N) is 1. The van der Waals surface area contributed by atoms with E-state index >= 15 is 0 Å². The van der Waals surface area contributed by atoms with Gasteiger partial charge in [0.2, 0.25) is 0 Å². The molecule has 126 valence electrons. The molecule has 3 N–H and O–H groups in total. The van der Waals surface area contributed by atoms with Crippen LogP contribution in [0, 0.1) is 10.1 Å². The molecule has 0 radical (unpaired) electrons. The number of anilines is 1. The van der Waals surface area contributed by atoms with Crippen LogP contribution in [0.1, 0.15) is 11.9 Å². The zero-order chi connectivity index (χ0) is 17.6. The second-order valence-electron chi connectivity index (χ2n) is 5.23. The van der Waals surface area contributed by atoms with Crippen LogP contribution in [0.2, 0.25) is 0 Å². The highest BCUT2D eigenvalue weighted by molar-refractivity contribution is 5.68. The highest BCUT2D eigenvalue weighted by Gasteiger charge is 2.22. The van der Waals surface area contributed by atoms with Crippen molar-refractivity contribution in [1.29, 1.82) is 0 Å². The number of aromatic nitrogens is 3. The van der Waals surface area contributed by atoms with Gasteiger partial charge in [-0.1, -0.05) is 36.4 Å². The molecule has 0 fully saturated rings. The van der Waals surface area contributed by atoms with Crippen LogP contribution in [-0.2, 0) is 0 Å². The van der Waals surface area contributed by atoms with Crippen LogP contribution >= 0.6 is 0 Å². The molecule has 0 saturated carbocycles. The van der Waals surface area contributed by atoms with E-state index in [1.807, 2.05) is 12.1 Å². The maximum atomic E-state index is 11.3. The Bertz CT molecular complexity index is 858. The van der Waals surface area contributed by atoms with Crippen molar-refractivity contribution in [2.24, 2.45) is 5.73 Å². The molecule has 0 spiro atoms. The topological polar surface area (TPSA) is 120 Å². The van der Waals surface area contributed by atoms with Gasteiger partial charge < -0.3 is 11.1 Å². The lowest BCUT2D eigenvalue weighted by Gasteiger charge is -2.16. The predicted molar refractivity (Wildman–Crippen MR) is 93.8 cm³/mol. The van der Waals surface area contributed by atoms with E-state index < -0.39 is 11.0 Å². The summed E-state index contributed by atoms with van der Waals surface area (Å²) in [6.45, 7) is 0.211. The van der Waals surface area contributed by atoms with E-state index in [4.69, 9.17) is 5.73 Å². The SMILES string of the molecule is NCC(Nc1ccccn1)c1ncc([N+](=O)[O-])c(-c2ccccc2)n1. The molecular weight excluding hydrogens is 320 g/mol. The summed E-state index contributed by atoms with van der Waals surface area (Å²) < 4.78 is 0. The fraction of sp³-hybridized carbons (Fsp3) is 0.118. The summed E-state index contributed by atoms with van der Waals surface area (Å²) in [5.74, 6) is 0.999. The first-order valence-electron chi connectivity index (χ1n) is 7.63. The van der Waals surface area contributed by atoms with Gasteiger partial charge in [-0.2, -0.15) is 0 Å². The molecule has 1 unspecified atom stereocenters. The monoisotopic (exact) mass is 336 g/mol. The molecule has 0 bridgehead atoms. The van der Waals surface area contributed by atoms with Gasteiger partial charge >= 0.3 is 5.69 Å². The van der Waals surface area contributed by atoms with Crippen molar-refractivity contribution in [2.45, 2.75) is 6.04 Å². The maximum Gasteiger partial charge on any atom is 0.313 e. The standard InChI is InChI=1S/C17H16N6O2/c18-10-13(21-15-8-4-5-9-19-15)17-20-11-14(23(24)25)16(22-17)12-6-2-1-3-7-12/h1-9,11,13H,10,18H2,(H,19,21). The number of hydrogen-bond acceptors (Lipinski definition) is 7. The van der Waals surface area contributed by atoms with E-state index in [0.717, 1.165) is 0 Å². The highest BCUT2D eigenvalue weighted by atomic mass is 16.6. The summed E-state index contributed by atoms with van der Waals surface area (Å²) in [6.07, 6.45) is 2.87. The summed E-state index contributed by atoms with van der Waals surface area (Å²) in [6, 6.07) is 14.0. The zero-order valence-electron chi connectivity index (χ0n) is 13.2. The lowest BCUT2D eigenvalue weighted by Crippen LogP contribution is -2.23. The van der Waals surface area contributed by atoms with Crippen LogP contribution in [0.25, 0.3) is 11.3 Å².